The average Bonchev–Trinajstić information content (AvgIpc) is 3.61. The molecular weight excluding hydrogens is 726 g/mol. The van der Waals surface area contributed by atoms with Crippen molar-refractivity contribution < 1.29 is 46.2 Å². The standard InChI is InChI=1S/C32H32F5N5O7S2/c1-30(2,3)49-29(48)41-10-8-31(9-11-41,26(45)46)15-42-19(17-6-7-18(33)22(23(17)34)32(35,36)37)14-51-27(42)38-20(43)12-16-13-50-25-21(16)24(44)39(4)28(47)40(25)5/h6-7,13-14H,8-12,15H2,1-5H3,(H,45,46)/b38-27-. The number of alkyl halides is 3. The third-order valence-corrected chi connectivity index (χ3v) is 10.5. The number of halogens is 5. The van der Waals surface area contributed by atoms with Crippen molar-refractivity contribution in [2.24, 2.45) is 24.5 Å². The molecular formula is C32H32F5N5O7S2. The molecule has 274 valence electrons. The second kappa shape index (κ2) is 13.5. The van der Waals surface area contributed by atoms with E-state index in [1.807, 2.05) is 0 Å². The van der Waals surface area contributed by atoms with Gasteiger partial charge in [0.25, 0.3) is 11.5 Å². The lowest BCUT2D eigenvalue weighted by Gasteiger charge is -2.39. The molecule has 0 aliphatic carbocycles. The summed E-state index contributed by atoms with van der Waals surface area (Å²) in [4.78, 5) is 69.8. The van der Waals surface area contributed by atoms with Crippen LogP contribution in [0.2, 0.25) is 0 Å². The Morgan fingerprint density at radius 2 is 1.65 bits per heavy atom. The number of amides is 2. The van der Waals surface area contributed by atoms with E-state index in [1.165, 1.54) is 34.3 Å². The number of hydrogen-bond donors (Lipinski definition) is 1. The van der Waals surface area contributed by atoms with Crippen molar-refractivity contribution in [1.29, 1.82) is 0 Å². The molecule has 4 aromatic rings. The summed E-state index contributed by atoms with van der Waals surface area (Å²) in [7, 11) is 2.74. The number of nitrogens with zero attached hydrogens (tertiary/aromatic N) is 5. The second-order valence-corrected chi connectivity index (χ2v) is 14.8. The third-order valence-electron chi connectivity index (χ3n) is 8.54. The van der Waals surface area contributed by atoms with Gasteiger partial charge in [0.05, 0.1) is 22.9 Å². The van der Waals surface area contributed by atoms with Gasteiger partial charge in [-0.3, -0.25) is 23.5 Å². The number of carboxylic acids is 1. The van der Waals surface area contributed by atoms with Crippen LogP contribution in [0.15, 0.2) is 37.5 Å². The zero-order valence-corrected chi connectivity index (χ0v) is 29.5. The molecule has 0 bridgehead atoms. The summed E-state index contributed by atoms with van der Waals surface area (Å²) in [5, 5.41) is 13.3. The van der Waals surface area contributed by atoms with Gasteiger partial charge in [-0.15, -0.1) is 22.7 Å². The second-order valence-electron chi connectivity index (χ2n) is 13.2. The number of thiophene rings is 1. The molecule has 51 heavy (non-hydrogen) atoms. The molecule has 12 nitrogen and oxygen atoms in total. The molecule has 1 aliphatic rings. The van der Waals surface area contributed by atoms with E-state index in [9.17, 15) is 46.6 Å². The number of aliphatic carboxylic acids is 1. The zero-order valence-electron chi connectivity index (χ0n) is 27.9. The van der Waals surface area contributed by atoms with Gasteiger partial charge in [-0.25, -0.2) is 18.4 Å². The minimum Gasteiger partial charge on any atom is -0.481 e. The molecule has 1 aliphatic heterocycles. The van der Waals surface area contributed by atoms with Crippen LogP contribution in [-0.4, -0.2) is 60.4 Å². The first-order valence-electron chi connectivity index (χ1n) is 15.3. The van der Waals surface area contributed by atoms with Crippen molar-refractivity contribution >= 4 is 50.9 Å². The quantitative estimate of drug-likeness (QED) is 0.276. The van der Waals surface area contributed by atoms with Crippen LogP contribution in [0.1, 0.15) is 44.7 Å². The molecule has 4 heterocycles. The molecule has 19 heteroatoms. The topological polar surface area (TPSA) is 145 Å². The van der Waals surface area contributed by atoms with Crippen LogP contribution in [0.25, 0.3) is 21.5 Å². The molecule has 1 fully saturated rings. The molecule has 2 amide bonds. The van der Waals surface area contributed by atoms with Crippen molar-refractivity contribution in [3.63, 3.8) is 0 Å². The van der Waals surface area contributed by atoms with Crippen LogP contribution in [0.4, 0.5) is 26.7 Å². The lowest BCUT2D eigenvalue weighted by Crippen LogP contribution is -2.50. The molecule has 0 saturated carbocycles. The van der Waals surface area contributed by atoms with E-state index >= 15 is 4.39 Å². The Labute approximate surface area is 293 Å². The number of rotatable bonds is 6. The highest BCUT2D eigenvalue weighted by atomic mass is 32.1. The van der Waals surface area contributed by atoms with Gasteiger partial charge < -0.3 is 19.3 Å². The number of carboxylic acid groups (broad SMARTS) is 1. The number of carbonyl (C=O) groups is 3. The van der Waals surface area contributed by atoms with Crippen LogP contribution < -0.4 is 16.1 Å². The summed E-state index contributed by atoms with van der Waals surface area (Å²) >= 11 is 1.76. The fourth-order valence-electron chi connectivity index (χ4n) is 5.85. The van der Waals surface area contributed by atoms with Crippen LogP contribution in [0.3, 0.4) is 0 Å². The van der Waals surface area contributed by atoms with E-state index in [4.69, 9.17) is 4.74 Å². The lowest BCUT2D eigenvalue weighted by molar-refractivity contribution is -0.153. The van der Waals surface area contributed by atoms with Crippen molar-refractivity contribution in [1.82, 2.24) is 18.6 Å². The van der Waals surface area contributed by atoms with Crippen molar-refractivity contribution in [2.45, 2.75) is 58.4 Å². The first kappa shape index (κ1) is 37.6. The third kappa shape index (κ3) is 7.26. The minimum atomic E-state index is -5.41. The maximum Gasteiger partial charge on any atom is 0.422 e. The summed E-state index contributed by atoms with van der Waals surface area (Å²) in [6.07, 6.45) is -6.83. The lowest BCUT2D eigenvalue weighted by atomic mass is 9.78. The Morgan fingerprint density at radius 3 is 2.24 bits per heavy atom. The first-order valence-corrected chi connectivity index (χ1v) is 17.1. The van der Waals surface area contributed by atoms with Crippen LogP contribution >= 0.6 is 22.7 Å². The number of piperidine rings is 1. The molecule has 1 saturated heterocycles. The molecule has 0 radical (unpaired) electrons. The summed E-state index contributed by atoms with van der Waals surface area (Å²) in [6.45, 7) is 4.34. The van der Waals surface area contributed by atoms with Gasteiger partial charge in [-0.1, -0.05) is 0 Å². The Morgan fingerprint density at radius 1 is 1.00 bits per heavy atom. The maximum atomic E-state index is 15.5. The number of carbonyl (C=O) groups excluding carboxylic acids is 2. The molecule has 0 unspecified atom stereocenters. The maximum absolute atomic E-state index is 15.5. The SMILES string of the molecule is Cn1c(=O)c2c(CC(=O)/N=c3\scc(-c4ccc(F)c(C(F)(F)F)c4F)n3CC3(C(=O)O)CCN(C(=O)OC(C)(C)C)CC3)csc2n(C)c1=O. The van der Waals surface area contributed by atoms with Gasteiger partial charge in [0.15, 0.2) is 4.80 Å². The number of aryl methyl sites for hydroxylation is 1. The Balaban J connectivity index is 1.60. The number of ether oxygens (including phenoxy) is 1. The summed E-state index contributed by atoms with van der Waals surface area (Å²) in [6, 6.07) is 1.22. The Hall–Kier alpha value is -4.65. The molecule has 5 rings (SSSR count). The van der Waals surface area contributed by atoms with Crippen molar-refractivity contribution in [3.8, 4) is 11.3 Å². The van der Waals surface area contributed by atoms with Gasteiger partial charge in [0.2, 0.25) is 0 Å². The van der Waals surface area contributed by atoms with E-state index in [0.717, 1.165) is 26.5 Å². The summed E-state index contributed by atoms with van der Waals surface area (Å²) < 4.78 is 79.5. The number of benzene rings is 1. The van der Waals surface area contributed by atoms with Gasteiger partial charge >= 0.3 is 23.9 Å². The average molecular weight is 758 g/mol. The molecule has 0 atom stereocenters. The molecule has 1 N–H and O–H groups in total. The largest absolute Gasteiger partial charge is 0.481 e. The predicted octanol–water partition coefficient (Wildman–Crippen LogP) is 4.90. The normalized spacial score (nSPS) is 15.4. The Bertz CT molecular complexity index is 2250. The number of hydrogen-bond acceptors (Lipinski definition) is 8. The van der Waals surface area contributed by atoms with E-state index in [-0.39, 0.29) is 47.4 Å². The van der Waals surface area contributed by atoms with E-state index in [1.54, 1.807) is 20.8 Å². The van der Waals surface area contributed by atoms with Crippen molar-refractivity contribution in [2.75, 3.05) is 13.1 Å². The summed E-state index contributed by atoms with van der Waals surface area (Å²) in [5.41, 5.74) is -6.62. The number of fused-ring (bicyclic) bond motifs is 1. The molecule has 0 spiro atoms. The van der Waals surface area contributed by atoms with Gasteiger partial charge in [-0.05, 0) is 56.7 Å². The number of likely N-dealkylation sites (tertiary alicyclic amines) is 1. The minimum absolute atomic E-state index is 0.0710. The van der Waals surface area contributed by atoms with Crippen LogP contribution in [0.5, 0.6) is 0 Å². The monoisotopic (exact) mass is 757 g/mol. The summed E-state index contributed by atoms with van der Waals surface area (Å²) in [5.74, 6) is -5.96. The van der Waals surface area contributed by atoms with Crippen LogP contribution in [-0.2, 0) is 47.6 Å². The van der Waals surface area contributed by atoms with E-state index in [2.05, 4.69) is 4.99 Å². The number of aromatic nitrogens is 3. The highest BCUT2D eigenvalue weighted by Gasteiger charge is 2.45. The molecule has 1 aromatic carbocycles. The fourth-order valence-corrected chi connectivity index (χ4v) is 7.79. The van der Waals surface area contributed by atoms with Gasteiger partial charge in [0.1, 0.15) is 27.6 Å². The predicted molar refractivity (Wildman–Crippen MR) is 176 cm³/mol. The van der Waals surface area contributed by atoms with Crippen molar-refractivity contribution in [3.05, 3.63) is 71.3 Å². The Kier molecular flexibility index (Phi) is 9.94. The van der Waals surface area contributed by atoms with E-state index in [0.29, 0.717) is 22.2 Å². The van der Waals surface area contributed by atoms with Gasteiger partial charge in [0, 0.05) is 44.7 Å². The van der Waals surface area contributed by atoms with Crippen LogP contribution in [0, 0.1) is 17.0 Å². The highest BCUT2D eigenvalue weighted by Crippen LogP contribution is 2.40. The fraction of sp³-hybridized carbons (Fsp3) is 0.438. The van der Waals surface area contributed by atoms with Gasteiger partial charge in [-0.2, -0.15) is 18.2 Å². The smallest absolute Gasteiger partial charge is 0.422 e. The number of thiazole rings is 1. The first-order chi connectivity index (χ1) is 23.6. The highest BCUT2D eigenvalue weighted by molar-refractivity contribution is 7.17. The molecule has 3 aromatic heterocycles. The zero-order chi connectivity index (χ0) is 37.8. The van der Waals surface area contributed by atoms with E-state index < -0.39 is 82.1 Å².